The average Bonchev–Trinajstić information content (AvgIpc) is 2.91. The highest BCUT2D eigenvalue weighted by molar-refractivity contribution is 7.99. The zero-order valence-electron chi connectivity index (χ0n) is 12.4. The molecule has 1 aromatic rings. The number of hydrogen-bond donors (Lipinski definition) is 1. The van der Waals surface area contributed by atoms with Crippen LogP contribution in [0.2, 0.25) is 0 Å². The van der Waals surface area contributed by atoms with Crippen LogP contribution < -0.4 is 5.32 Å². The van der Waals surface area contributed by atoms with Gasteiger partial charge < -0.3 is 5.32 Å². The maximum atomic E-state index is 4.86. The average molecular weight is 291 g/mol. The lowest BCUT2D eigenvalue weighted by molar-refractivity contribution is 0.531. The Morgan fingerprint density at radius 1 is 1.20 bits per heavy atom. The van der Waals surface area contributed by atoms with Gasteiger partial charge in [0.05, 0.1) is 5.75 Å². The fraction of sp³-hybridized carbons (Fsp3) is 0.750. The van der Waals surface area contributed by atoms with Gasteiger partial charge in [-0.05, 0) is 39.2 Å². The zero-order chi connectivity index (χ0) is 13.8. The van der Waals surface area contributed by atoms with Crippen molar-refractivity contribution in [3.8, 4) is 0 Å². The smallest absolute Gasteiger partial charge is 0.138 e. The maximum Gasteiger partial charge on any atom is 0.138 e. The topological polar surface area (TPSA) is 37.8 Å². The predicted molar refractivity (Wildman–Crippen MR) is 84.9 cm³/mol. The van der Waals surface area contributed by atoms with Gasteiger partial charge >= 0.3 is 0 Å². The first-order chi connectivity index (χ1) is 9.86. The van der Waals surface area contributed by atoms with E-state index in [-0.39, 0.29) is 0 Å². The van der Waals surface area contributed by atoms with Crippen molar-refractivity contribution < 1.29 is 0 Å². The highest BCUT2D eigenvalue weighted by Crippen LogP contribution is 2.32. The molecule has 2 aliphatic carbocycles. The third-order valence-corrected chi connectivity index (χ3v) is 5.95. The first kappa shape index (κ1) is 14.3. The first-order valence-corrected chi connectivity index (χ1v) is 9.05. The van der Waals surface area contributed by atoms with E-state index in [2.05, 4.69) is 28.3 Å². The molecule has 1 fully saturated rings. The molecule has 0 aromatic carbocycles. The van der Waals surface area contributed by atoms with Crippen LogP contribution in [0.3, 0.4) is 0 Å². The van der Waals surface area contributed by atoms with Crippen LogP contribution >= 0.6 is 11.8 Å². The minimum atomic E-state index is 0.448. The van der Waals surface area contributed by atoms with Crippen molar-refractivity contribution in [1.82, 2.24) is 15.3 Å². The van der Waals surface area contributed by atoms with E-state index < -0.39 is 0 Å². The van der Waals surface area contributed by atoms with Crippen LogP contribution in [0.25, 0.3) is 0 Å². The van der Waals surface area contributed by atoms with Gasteiger partial charge in [0.15, 0.2) is 0 Å². The molecule has 0 aliphatic heterocycles. The van der Waals surface area contributed by atoms with Gasteiger partial charge in [-0.3, -0.25) is 0 Å². The molecule has 20 heavy (non-hydrogen) atoms. The van der Waals surface area contributed by atoms with Gasteiger partial charge in [-0.1, -0.05) is 19.3 Å². The number of thioether (sulfide) groups is 1. The monoisotopic (exact) mass is 291 g/mol. The van der Waals surface area contributed by atoms with E-state index in [0.717, 1.165) is 23.2 Å². The molecule has 1 aromatic heterocycles. The van der Waals surface area contributed by atoms with Gasteiger partial charge in [-0.25, -0.2) is 9.97 Å². The molecule has 0 saturated heterocycles. The second-order valence-electron chi connectivity index (χ2n) is 5.99. The van der Waals surface area contributed by atoms with Crippen LogP contribution in [0.1, 0.15) is 68.1 Å². The second kappa shape index (κ2) is 6.90. The molecule has 4 heteroatoms. The lowest BCUT2D eigenvalue weighted by Crippen LogP contribution is -2.18. The molecule has 0 spiro atoms. The summed E-state index contributed by atoms with van der Waals surface area (Å²) in [6.07, 6.45) is 12.6. The molecule has 0 amide bonds. The van der Waals surface area contributed by atoms with Gasteiger partial charge in [-0.2, -0.15) is 11.8 Å². The minimum Gasteiger partial charge on any atom is -0.313 e. The molecule has 1 atom stereocenters. The molecule has 2 aliphatic rings. The van der Waals surface area contributed by atoms with E-state index >= 15 is 0 Å². The van der Waals surface area contributed by atoms with E-state index in [1.54, 1.807) is 0 Å². The summed E-state index contributed by atoms with van der Waals surface area (Å²) in [5.41, 5.74) is 2.62. The highest BCUT2D eigenvalue weighted by atomic mass is 32.2. The largest absolute Gasteiger partial charge is 0.313 e. The van der Waals surface area contributed by atoms with Crippen molar-refractivity contribution in [2.24, 2.45) is 0 Å². The molecule has 110 valence electrons. The number of hydrogen-bond acceptors (Lipinski definition) is 4. The molecule has 1 saturated carbocycles. The van der Waals surface area contributed by atoms with Crippen molar-refractivity contribution in [3.05, 3.63) is 23.3 Å². The van der Waals surface area contributed by atoms with Gasteiger partial charge in [0.1, 0.15) is 5.82 Å². The van der Waals surface area contributed by atoms with E-state index in [4.69, 9.17) is 4.98 Å². The van der Waals surface area contributed by atoms with Crippen molar-refractivity contribution in [2.75, 3.05) is 7.05 Å². The lowest BCUT2D eigenvalue weighted by atomic mass is 10.1. The third kappa shape index (κ3) is 3.34. The second-order valence-corrected chi connectivity index (χ2v) is 7.28. The minimum absolute atomic E-state index is 0.448. The van der Waals surface area contributed by atoms with Gasteiger partial charge in [-0.15, -0.1) is 0 Å². The maximum absolute atomic E-state index is 4.86. The Balaban J connectivity index is 1.69. The van der Waals surface area contributed by atoms with Crippen molar-refractivity contribution in [2.45, 2.75) is 68.4 Å². The molecule has 0 bridgehead atoms. The van der Waals surface area contributed by atoms with Crippen LogP contribution in [-0.4, -0.2) is 22.3 Å². The number of fused-ring (bicyclic) bond motifs is 1. The molecule has 1 unspecified atom stereocenters. The molecule has 3 rings (SSSR count). The number of aryl methyl sites for hydroxylation is 1. The normalized spacial score (nSPS) is 23.6. The van der Waals surface area contributed by atoms with Crippen molar-refractivity contribution >= 4 is 11.8 Å². The van der Waals surface area contributed by atoms with E-state index in [1.165, 1.54) is 56.2 Å². The van der Waals surface area contributed by atoms with Crippen LogP contribution in [-0.2, 0) is 12.2 Å². The summed E-state index contributed by atoms with van der Waals surface area (Å²) in [4.78, 5) is 9.48. The summed E-state index contributed by atoms with van der Waals surface area (Å²) in [5, 5.41) is 4.26. The van der Waals surface area contributed by atoms with Crippen LogP contribution in [0.15, 0.2) is 6.20 Å². The zero-order valence-corrected chi connectivity index (χ0v) is 13.2. The Morgan fingerprint density at radius 3 is 2.80 bits per heavy atom. The van der Waals surface area contributed by atoms with Crippen molar-refractivity contribution in [3.63, 3.8) is 0 Å². The first-order valence-electron chi connectivity index (χ1n) is 8.00. The summed E-state index contributed by atoms with van der Waals surface area (Å²) in [6.45, 7) is 0. The molecule has 1 N–H and O–H groups in total. The fourth-order valence-corrected chi connectivity index (χ4v) is 4.56. The summed E-state index contributed by atoms with van der Waals surface area (Å²) < 4.78 is 0. The number of nitrogens with one attached hydrogen (secondary N) is 1. The van der Waals surface area contributed by atoms with Crippen LogP contribution in [0.4, 0.5) is 0 Å². The van der Waals surface area contributed by atoms with E-state index in [1.807, 2.05) is 7.05 Å². The molecule has 3 nitrogen and oxygen atoms in total. The number of nitrogens with zero attached hydrogens (tertiary/aromatic N) is 2. The molecule has 1 heterocycles. The summed E-state index contributed by atoms with van der Waals surface area (Å²) in [6, 6.07) is 0.448. The quantitative estimate of drug-likeness (QED) is 0.860. The van der Waals surface area contributed by atoms with Crippen molar-refractivity contribution in [1.29, 1.82) is 0 Å². The number of rotatable bonds is 4. The third-order valence-electron chi connectivity index (χ3n) is 4.58. The van der Waals surface area contributed by atoms with Gasteiger partial charge in [0.25, 0.3) is 0 Å². The fourth-order valence-electron chi connectivity index (χ4n) is 3.37. The van der Waals surface area contributed by atoms with E-state index in [0.29, 0.717) is 6.04 Å². The summed E-state index contributed by atoms with van der Waals surface area (Å²) in [7, 11) is 2.05. The van der Waals surface area contributed by atoms with Gasteiger partial charge in [0, 0.05) is 28.7 Å². The lowest BCUT2D eigenvalue weighted by Gasteiger charge is -2.16. The standard InChI is InChI=1S/C16H25N3S/c1-17-14-8-4-5-9-15-13(14)10-18-16(19-15)11-20-12-6-2-3-7-12/h10,12,14,17H,2-9,11H2,1H3. The summed E-state index contributed by atoms with van der Waals surface area (Å²) >= 11 is 2.06. The van der Waals surface area contributed by atoms with Crippen LogP contribution in [0.5, 0.6) is 0 Å². The van der Waals surface area contributed by atoms with Crippen LogP contribution in [0, 0.1) is 0 Å². The highest BCUT2D eigenvalue weighted by Gasteiger charge is 2.20. The number of aromatic nitrogens is 2. The Hall–Kier alpha value is -0.610. The predicted octanol–water partition coefficient (Wildman–Crippen LogP) is 3.64. The Morgan fingerprint density at radius 2 is 2.00 bits per heavy atom. The Labute approximate surface area is 126 Å². The molecular weight excluding hydrogens is 266 g/mol. The summed E-state index contributed by atoms with van der Waals surface area (Å²) in [5.74, 6) is 2.03. The SMILES string of the molecule is CNC1CCCCc2nc(CSC3CCCC3)ncc21. The van der Waals surface area contributed by atoms with Gasteiger partial charge in [0.2, 0.25) is 0 Å². The Kier molecular flexibility index (Phi) is 4.94. The van der Waals surface area contributed by atoms with E-state index in [9.17, 15) is 0 Å². The molecular formula is C16H25N3S. The molecule has 0 radical (unpaired) electrons. The Bertz CT molecular complexity index is 443.